The number of nitrogens with one attached hydrogen (secondary N) is 1. The molecule has 14 heteroatoms. The summed E-state index contributed by atoms with van der Waals surface area (Å²) in [5, 5.41) is 23.2. The molecule has 2 bridgehead atoms. The summed E-state index contributed by atoms with van der Waals surface area (Å²) in [6.07, 6.45) is -0.299. The van der Waals surface area contributed by atoms with Gasteiger partial charge in [0.2, 0.25) is 11.6 Å². The van der Waals surface area contributed by atoms with Crippen LogP contribution in [0.15, 0.2) is 58.1 Å². The number of carbonyl (C=O) groups is 5. The van der Waals surface area contributed by atoms with Crippen LogP contribution in [0.25, 0.3) is 0 Å². The number of ether oxygens (including phenoxy) is 5. The van der Waals surface area contributed by atoms with E-state index >= 15 is 0 Å². The summed E-state index contributed by atoms with van der Waals surface area (Å²) >= 11 is 0. The van der Waals surface area contributed by atoms with Gasteiger partial charge >= 0.3 is 6.09 Å². The van der Waals surface area contributed by atoms with Gasteiger partial charge in [-0.05, 0) is 38.2 Å². The fourth-order valence-corrected chi connectivity index (χ4v) is 5.77. The molecule has 0 aromatic heterocycles. The molecule has 2 unspecified atom stereocenters. The summed E-state index contributed by atoms with van der Waals surface area (Å²) in [7, 11) is 5.20. The summed E-state index contributed by atoms with van der Waals surface area (Å²) in [6, 6.07) is 0. The molecular weight excluding hydrogens is 628 g/mol. The van der Waals surface area contributed by atoms with Gasteiger partial charge in [-0.15, -0.1) is 0 Å². The minimum Gasteiger partial charge on any atom is -0.492 e. The van der Waals surface area contributed by atoms with Gasteiger partial charge in [0.15, 0.2) is 17.6 Å². The highest BCUT2D eigenvalue weighted by Gasteiger charge is 2.42. The summed E-state index contributed by atoms with van der Waals surface area (Å²) < 4.78 is 27.3. The SMILES string of the molecule is COC1=C2C[C@@H](C)C[C@H](OC)[C@H](O)[C@@H](C)/C=C(\C)[C@H](OC(N)=O)C(OC)/C=C\C=C(/C)C(=O)NC(=C(C(OC)C(=O)CCO)C1=O)C2=O. The quantitative estimate of drug-likeness (QED) is 0.203. The zero-order chi connectivity index (χ0) is 36.3. The summed E-state index contributed by atoms with van der Waals surface area (Å²) in [6.45, 7) is 6.18. The maximum absolute atomic E-state index is 14.1. The highest BCUT2D eigenvalue weighted by Crippen LogP contribution is 2.33. The van der Waals surface area contributed by atoms with Crippen LogP contribution >= 0.6 is 0 Å². The van der Waals surface area contributed by atoms with E-state index in [1.807, 2.05) is 0 Å². The first-order valence-corrected chi connectivity index (χ1v) is 15.5. The van der Waals surface area contributed by atoms with Crippen molar-refractivity contribution in [2.45, 2.75) is 77.5 Å². The molecular formula is C34H48N2O12. The standard InChI is InChI=1S/C34H48N2O12/c1-17-14-21-28(40)26(25(29(41)31(21)46-7)32(47-8)22(38)12-13-37)36-33(42)18(2)10-9-11-23(44-5)30(48-34(35)43)20(4)16-19(3)27(39)24(15-17)45-6/h9-11,16-17,19,23-24,27,30,32,37,39H,12-15H2,1-8H3,(H2,35,43)(H,36,42)/b11-9-,18-10+,20-16+/t17-,19+,23?,24+,27-,30+,32?/m1/s1. The first kappa shape index (κ1) is 40.2. The second-order valence-corrected chi connectivity index (χ2v) is 11.8. The summed E-state index contributed by atoms with van der Waals surface area (Å²) in [4.78, 5) is 66.2. The number of Topliss-reactive ketones (excluding diaryl/α,β-unsaturated/α-hetero) is 3. The Hall–Kier alpha value is -3.95. The van der Waals surface area contributed by atoms with Crippen LogP contribution in [-0.2, 0) is 42.9 Å². The van der Waals surface area contributed by atoms with Crippen LogP contribution < -0.4 is 11.1 Å². The molecule has 5 N–H and O–H groups in total. The minimum atomic E-state index is -1.59. The van der Waals surface area contributed by atoms with Crippen molar-refractivity contribution in [3.8, 4) is 0 Å². The number of methoxy groups -OCH3 is 4. The van der Waals surface area contributed by atoms with Gasteiger partial charge in [-0.3, -0.25) is 19.2 Å². The summed E-state index contributed by atoms with van der Waals surface area (Å²) in [5.74, 6) is -4.25. The maximum atomic E-state index is 14.1. The Morgan fingerprint density at radius 1 is 1.06 bits per heavy atom. The molecule has 0 saturated heterocycles. The lowest BCUT2D eigenvalue weighted by atomic mass is 9.82. The first-order valence-electron chi connectivity index (χ1n) is 15.5. The predicted octanol–water partition coefficient (Wildman–Crippen LogP) is 1.75. The van der Waals surface area contributed by atoms with E-state index in [1.54, 1.807) is 26.8 Å². The van der Waals surface area contributed by atoms with Crippen molar-refractivity contribution in [1.82, 2.24) is 5.32 Å². The Kier molecular flexibility index (Phi) is 15.5. The number of nitrogens with two attached hydrogens (primary N) is 1. The number of ketones is 3. The molecule has 1 aliphatic carbocycles. The summed E-state index contributed by atoms with van der Waals surface area (Å²) in [5.41, 5.74) is 5.06. The van der Waals surface area contributed by atoms with Crippen LogP contribution in [0, 0.1) is 11.8 Å². The highest BCUT2D eigenvalue weighted by atomic mass is 16.6. The molecule has 2 rings (SSSR count). The molecule has 14 nitrogen and oxygen atoms in total. The normalized spacial score (nSPS) is 30.1. The van der Waals surface area contributed by atoms with Gasteiger partial charge in [-0.2, -0.15) is 0 Å². The van der Waals surface area contributed by atoms with E-state index in [-0.39, 0.29) is 42.1 Å². The number of rotatable bonds is 9. The maximum Gasteiger partial charge on any atom is 0.405 e. The van der Waals surface area contributed by atoms with Crippen LogP contribution in [0.1, 0.15) is 47.0 Å². The van der Waals surface area contributed by atoms with Crippen molar-refractivity contribution in [2.24, 2.45) is 17.6 Å². The van der Waals surface area contributed by atoms with Crippen LogP contribution in [0.3, 0.4) is 0 Å². The van der Waals surface area contributed by atoms with Crippen molar-refractivity contribution >= 4 is 29.4 Å². The van der Waals surface area contributed by atoms with Gasteiger partial charge in [-0.1, -0.05) is 38.2 Å². The van der Waals surface area contributed by atoms with Crippen LogP contribution in [0.5, 0.6) is 0 Å². The number of carbonyl (C=O) groups excluding carboxylic acids is 5. The van der Waals surface area contributed by atoms with Crippen molar-refractivity contribution < 1.29 is 57.9 Å². The molecule has 0 aromatic carbocycles. The number of hydrogen-bond donors (Lipinski definition) is 4. The molecule has 0 spiro atoms. The largest absolute Gasteiger partial charge is 0.492 e. The van der Waals surface area contributed by atoms with E-state index in [0.717, 1.165) is 7.11 Å². The molecule has 0 fully saturated rings. The van der Waals surface area contributed by atoms with E-state index in [0.29, 0.717) is 5.57 Å². The number of allylic oxidation sites excluding steroid dienone is 4. The Morgan fingerprint density at radius 2 is 1.73 bits per heavy atom. The Balaban J connectivity index is 2.82. The second kappa shape index (κ2) is 18.6. The minimum absolute atomic E-state index is 0.0138. The van der Waals surface area contributed by atoms with Crippen LogP contribution in [0.2, 0.25) is 0 Å². The molecule has 7 atom stereocenters. The molecule has 266 valence electrons. The molecule has 48 heavy (non-hydrogen) atoms. The van der Waals surface area contributed by atoms with Crippen LogP contribution in [-0.4, -0.2) is 105 Å². The lowest BCUT2D eigenvalue weighted by Gasteiger charge is -2.30. The van der Waals surface area contributed by atoms with Gasteiger partial charge in [0.25, 0.3) is 5.91 Å². The number of primary amides is 1. The van der Waals surface area contributed by atoms with E-state index < -0.39 is 83.7 Å². The zero-order valence-corrected chi connectivity index (χ0v) is 28.7. The fourth-order valence-electron chi connectivity index (χ4n) is 5.77. The number of aliphatic hydroxyl groups excluding tert-OH is 2. The molecule has 2 aliphatic rings. The van der Waals surface area contributed by atoms with Gasteiger partial charge in [0.1, 0.15) is 12.2 Å². The number of amides is 2. The number of aliphatic hydroxyl groups is 2. The molecule has 0 aromatic rings. The number of fused-ring (bicyclic) bond motifs is 2. The molecule has 2 amide bonds. The van der Waals surface area contributed by atoms with Gasteiger partial charge in [0, 0.05) is 44.8 Å². The van der Waals surface area contributed by atoms with Crippen LogP contribution in [0.4, 0.5) is 4.79 Å². The molecule has 1 heterocycles. The fraction of sp³-hybridized carbons (Fsp3) is 0.559. The number of hydrogen-bond acceptors (Lipinski definition) is 12. The van der Waals surface area contributed by atoms with E-state index in [2.05, 4.69) is 5.32 Å². The van der Waals surface area contributed by atoms with E-state index in [4.69, 9.17) is 29.4 Å². The monoisotopic (exact) mass is 676 g/mol. The van der Waals surface area contributed by atoms with Crippen molar-refractivity contribution in [1.29, 1.82) is 0 Å². The van der Waals surface area contributed by atoms with Gasteiger partial charge in [-0.25, -0.2) is 4.79 Å². The average Bonchev–Trinajstić information content (AvgIpc) is 3.04. The Morgan fingerprint density at radius 3 is 2.27 bits per heavy atom. The average molecular weight is 677 g/mol. The van der Waals surface area contributed by atoms with Gasteiger partial charge < -0.3 is 44.9 Å². The molecule has 0 radical (unpaired) electrons. The van der Waals surface area contributed by atoms with Crippen molar-refractivity contribution in [3.05, 3.63) is 58.1 Å². The Bertz CT molecular complexity index is 1390. The molecule has 0 saturated carbocycles. The third-order valence-corrected chi connectivity index (χ3v) is 8.29. The van der Waals surface area contributed by atoms with E-state index in [1.165, 1.54) is 46.5 Å². The lowest BCUT2D eigenvalue weighted by molar-refractivity contribution is -0.130. The van der Waals surface area contributed by atoms with E-state index in [9.17, 15) is 34.2 Å². The first-order chi connectivity index (χ1) is 22.7. The zero-order valence-electron chi connectivity index (χ0n) is 28.7. The smallest absolute Gasteiger partial charge is 0.405 e. The Labute approximate surface area is 280 Å². The molecule has 1 aliphatic heterocycles. The lowest BCUT2D eigenvalue weighted by Crippen LogP contribution is -2.42. The topological polar surface area (TPSA) is 210 Å². The van der Waals surface area contributed by atoms with Gasteiger partial charge in [0.05, 0.1) is 37.2 Å². The third-order valence-electron chi connectivity index (χ3n) is 8.29. The van der Waals surface area contributed by atoms with Crippen molar-refractivity contribution in [3.63, 3.8) is 0 Å². The van der Waals surface area contributed by atoms with Crippen molar-refractivity contribution in [2.75, 3.05) is 35.0 Å². The highest BCUT2D eigenvalue weighted by molar-refractivity contribution is 6.27. The second-order valence-electron chi connectivity index (χ2n) is 11.8. The third kappa shape index (κ3) is 9.80. The predicted molar refractivity (Wildman–Crippen MR) is 173 cm³/mol.